The Kier molecular flexibility index (Phi) is 6.03. The number of hydrogen-bond donors (Lipinski definition) is 2. The summed E-state index contributed by atoms with van der Waals surface area (Å²) in [6.07, 6.45) is -1.10. The normalized spacial score (nSPS) is 23.3. The van der Waals surface area contributed by atoms with Crippen LogP contribution in [0.15, 0.2) is 24.3 Å². The van der Waals surface area contributed by atoms with E-state index in [2.05, 4.69) is 0 Å². The minimum atomic E-state index is -1.10. The van der Waals surface area contributed by atoms with Gasteiger partial charge in [0.15, 0.2) is 23.0 Å². The molecular formula is C23H26O9. The average molecular weight is 446 g/mol. The van der Waals surface area contributed by atoms with Gasteiger partial charge in [0.05, 0.1) is 40.5 Å². The van der Waals surface area contributed by atoms with Crippen LogP contribution in [0.3, 0.4) is 0 Å². The molecule has 0 fully saturated rings. The van der Waals surface area contributed by atoms with E-state index in [1.165, 1.54) is 28.4 Å². The number of benzene rings is 2. The van der Waals surface area contributed by atoms with Crippen LogP contribution in [0.25, 0.3) is 0 Å². The number of ether oxygens (including phenoxy) is 6. The van der Waals surface area contributed by atoms with Crippen molar-refractivity contribution in [1.29, 1.82) is 0 Å². The van der Waals surface area contributed by atoms with Crippen molar-refractivity contribution in [3.05, 3.63) is 41.0 Å². The van der Waals surface area contributed by atoms with Crippen molar-refractivity contribution in [3.63, 3.8) is 0 Å². The average Bonchev–Trinajstić information content (AvgIpc) is 3.28. The first-order chi connectivity index (χ1) is 15.5. The summed E-state index contributed by atoms with van der Waals surface area (Å²) in [7, 11) is 5.80. The Balaban J connectivity index is 1.99. The molecule has 1 aliphatic carbocycles. The smallest absolute Gasteiger partial charge is 0.310 e. The van der Waals surface area contributed by atoms with Crippen LogP contribution in [-0.2, 0) is 9.53 Å². The van der Waals surface area contributed by atoms with E-state index in [1.807, 2.05) is 0 Å². The predicted octanol–water partition coefficient (Wildman–Crippen LogP) is 2.02. The molecular weight excluding hydrogens is 420 g/mol. The highest BCUT2D eigenvalue weighted by Gasteiger charge is 2.48. The predicted molar refractivity (Wildman–Crippen MR) is 112 cm³/mol. The van der Waals surface area contributed by atoms with Gasteiger partial charge in [0, 0.05) is 18.4 Å². The molecule has 4 atom stereocenters. The van der Waals surface area contributed by atoms with Gasteiger partial charge in [0.1, 0.15) is 0 Å². The Labute approximate surface area is 185 Å². The summed E-state index contributed by atoms with van der Waals surface area (Å²) in [4.78, 5) is 13.0. The third kappa shape index (κ3) is 3.37. The summed E-state index contributed by atoms with van der Waals surface area (Å²) >= 11 is 0. The van der Waals surface area contributed by atoms with Crippen molar-refractivity contribution in [2.45, 2.75) is 12.0 Å². The minimum absolute atomic E-state index is 0.0625. The second-order valence-electron chi connectivity index (χ2n) is 7.61. The van der Waals surface area contributed by atoms with Crippen molar-refractivity contribution in [1.82, 2.24) is 0 Å². The van der Waals surface area contributed by atoms with Gasteiger partial charge in [-0.1, -0.05) is 0 Å². The van der Waals surface area contributed by atoms with E-state index in [0.29, 0.717) is 45.4 Å². The molecule has 32 heavy (non-hydrogen) atoms. The second-order valence-corrected chi connectivity index (χ2v) is 7.61. The Hall–Kier alpha value is -3.17. The third-order valence-electron chi connectivity index (χ3n) is 6.19. The fourth-order valence-corrected chi connectivity index (χ4v) is 4.69. The van der Waals surface area contributed by atoms with Crippen LogP contribution in [-0.4, -0.2) is 58.0 Å². The van der Waals surface area contributed by atoms with Gasteiger partial charge in [-0.2, -0.15) is 0 Å². The lowest BCUT2D eigenvalue weighted by molar-refractivity contribution is -0.152. The largest absolute Gasteiger partial charge is 0.493 e. The van der Waals surface area contributed by atoms with Crippen LogP contribution in [0.2, 0.25) is 0 Å². The Morgan fingerprint density at radius 2 is 1.56 bits per heavy atom. The molecule has 2 aromatic rings. The molecule has 0 saturated heterocycles. The number of hydrogen-bond acceptors (Lipinski definition) is 9. The number of rotatable bonds is 6. The Morgan fingerprint density at radius 3 is 2.06 bits per heavy atom. The van der Waals surface area contributed by atoms with Gasteiger partial charge in [-0.15, -0.1) is 0 Å². The standard InChI is InChI=1S/C23H26O9/c1-27-17-5-11(6-18(28-2)22(17)29-3)19-12-7-15-16(32-10-31-15)8-13(12)21(25)14(9-24)20(19)23(26)30-4/h5-8,14,19-21,24-25H,9-10H2,1-4H3/t14-,19+,20-,21+/m0/s1. The quantitative estimate of drug-likeness (QED) is 0.644. The minimum Gasteiger partial charge on any atom is -0.493 e. The topological polar surface area (TPSA) is 113 Å². The van der Waals surface area contributed by atoms with Gasteiger partial charge in [0.2, 0.25) is 12.5 Å². The summed E-state index contributed by atoms with van der Waals surface area (Å²) < 4.78 is 32.5. The maximum atomic E-state index is 13.0. The summed E-state index contributed by atoms with van der Waals surface area (Å²) in [5.41, 5.74) is 1.88. The monoisotopic (exact) mass is 446 g/mol. The first-order valence-electron chi connectivity index (χ1n) is 10.1. The number of carbonyl (C=O) groups is 1. The summed E-state index contributed by atoms with van der Waals surface area (Å²) in [6.45, 7) is -0.358. The van der Waals surface area contributed by atoms with E-state index in [1.54, 1.807) is 24.3 Å². The van der Waals surface area contributed by atoms with Crippen LogP contribution in [0, 0.1) is 11.8 Å². The fraction of sp³-hybridized carbons (Fsp3) is 0.435. The van der Waals surface area contributed by atoms with Gasteiger partial charge in [0.25, 0.3) is 0 Å². The van der Waals surface area contributed by atoms with Crippen LogP contribution in [0.4, 0.5) is 0 Å². The highest BCUT2D eigenvalue weighted by atomic mass is 16.7. The number of esters is 1. The lowest BCUT2D eigenvalue weighted by Gasteiger charge is -2.40. The lowest BCUT2D eigenvalue weighted by atomic mass is 9.65. The van der Waals surface area contributed by atoms with Gasteiger partial charge >= 0.3 is 5.97 Å². The van der Waals surface area contributed by atoms with E-state index in [-0.39, 0.29) is 6.79 Å². The zero-order valence-electron chi connectivity index (χ0n) is 18.3. The van der Waals surface area contributed by atoms with Gasteiger partial charge in [-0.3, -0.25) is 4.79 Å². The summed E-state index contributed by atoms with van der Waals surface area (Å²) in [6, 6.07) is 6.96. The maximum absolute atomic E-state index is 13.0. The van der Waals surface area contributed by atoms with Crippen molar-refractivity contribution in [3.8, 4) is 28.7 Å². The van der Waals surface area contributed by atoms with Crippen molar-refractivity contribution in [2.75, 3.05) is 41.8 Å². The lowest BCUT2D eigenvalue weighted by Crippen LogP contribution is -2.41. The van der Waals surface area contributed by atoms with Gasteiger partial charge in [-0.05, 0) is 41.0 Å². The van der Waals surface area contributed by atoms with Gasteiger partial charge < -0.3 is 38.6 Å². The highest BCUT2D eigenvalue weighted by molar-refractivity contribution is 5.77. The molecule has 2 aromatic carbocycles. The molecule has 9 nitrogen and oxygen atoms in total. The molecule has 0 saturated carbocycles. The van der Waals surface area contributed by atoms with E-state index >= 15 is 0 Å². The molecule has 0 unspecified atom stereocenters. The number of fused-ring (bicyclic) bond motifs is 2. The fourth-order valence-electron chi connectivity index (χ4n) is 4.69. The first-order valence-corrected chi connectivity index (χ1v) is 10.1. The van der Waals surface area contributed by atoms with E-state index < -0.39 is 36.4 Å². The zero-order valence-corrected chi connectivity index (χ0v) is 18.3. The molecule has 9 heteroatoms. The third-order valence-corrected chi connectivity index (χ3v) is 6.19. The molecule has 2 aliphatic rings. The van der Waals surface area contributed by atoms with Crippen molar-refractivity contribution >= 4 is 5.97 Å². The van der Waals surface area contributed by atoms with Crippen LogP contribution >= 0.6 is 0 Å². The first kappa shape index (κ1) is 22.0. The second kappa shape index (κ2) is 8.76. The van der Waals surface area contributed by atoms with E-state index in [0.717, 1.165) is 0 Å². The molecule has 172 valence electrons. The molecule has 0 amide bonds. The SMILES string of the molecule is COC(=O)[C@@H]1[C@H](c2cc(OC)c(OC)c(OC)c2)c2cc3c(cc2[C@@H](O)[C@H]1CO)OCO3. The van der Waals surface area contributed by atoms with Crippen LogP contribution < -0.4 is 23.7 Å². The van der Waals surface area contributed by atoms with E-state index in [9.17, 15) is 15.0 Å². The molecule has 4 rings (SSSR count). The highest BCUT2D eigenvalue weighted by Crippen LogP contribution is 2.53. The Bertz CT molecular complexity index is 994. The molecule has 0 radical (unpaired) electrons. The molecule has 0 spiro atoms. The number of aliphatic hydroxyl groups is 2. The molecule has 1 heterocycles. The zero-order chi connectivity index (χ0) is 23.0. The van der Waals surface area contributed by atoms with Crippen LogP contribution in [0.5, 0.6) is 28.7 Å². The van der Waals surface area contributed by atoms with E-state index in [4.69, 9.17) is 28.4 Å². The maximum Gasteiger partial charge on any atom is 0.310 e. The molecule has 0 aromatic heterocycles. The molecule has 0 bridgehead atoms. The number of aliphatic hydroxyl groups excluding tert-OH is 2. The Morgan fingerprint density at radius 1 is 0.969 bits per heavy atom. The van der Waals surface area contributed by atoms with Crippen molar-refractivity contribution in [2.24, 2.45) is 11.8 Å². The van der Waals surface area contributed by atoms with Crippen molar-refractivity contribution < 1.29 is 43.4 Å². The van der Waals surface area contributed by atoms with Gasteiger partial charge in [-0.25, -0.2) is 0 Å². The number of carbonyl (C=O) groups excluding carboxylic acids is 1. The number of methoxy groups -OCH3 is 4. The molecule has 2 N–H and O–H groups in total. The molecule has 1 aliphatic heterocycles. The van der Waals surface area contributed by atoms with Crippen LogP contribution in [0.1, 0.15) is 28.7 Å². The summed E-state index contributed by atoms with van der Waals surface area (Å²) in [5, 5.41) is 21.2. The summed E-state index contributed by atoms with van der Waals surface area (Å²) in [5.74, 6) is -0.576.